The summed E-state index contributed by atoms with van der Waals surface area (Å²) >= 11 is 0. The second-order valence-electron chi connectivity index (χ2n) is 3.50. The van der Waals surface area contributed by atoms with Gasteiger partial charge in [-0.15, -0.1) is 0 Å². The Hall–Kier alpha value is -0.870. The molecule has 4 nitrogen and oxygen atoms in total. The third-order valence-corrected chi connectivity index (χ3v) is 1.99. The maximum Gasteiger partial charge on any atom is 0.0535 e. The van der Waals surface area contributed by atoms with Gasteiger partial charge in [-0.3, -0.25) is 5.10 Å². The van der Waals surface area contributed by atoms with Crippen LogP contribution in [-0.4, -0.2) is 42.3 Å². The zero-order chi connectivity index (χ0) is 9.68. The van der Waals surface area contributed by atoms with Crippen molar-refractivity contribution in [3.8, 4) is 0 Å². The van der Waals surface area contributed by atoms with Crippen LogP contribution in [0.25, 0.3) is 0 Å². The Morgan fingerprint density at radius 1 is 1.54 bits per heavy atom. The van der Waals surface area contributed by atoms with Crippen LogP contribution in [0.4, 0.5) is 0 Å². The molecule has 13 heavy (non-hydrogen) atoms. The van der Waals surface area contributed by atoms with Gasteiger partial charge in [0.15, 0.2) is 0 Å². The van der Waals surface area contributed by atoms with Crippen LogP contribution in [-0.2, 0) is 6.54 Å². The molecule has 0 saturated carbocycles. The van der Waals surface area contributed by atoms with Crippen LogP contribution in [0.15, 0.2) is 6.20 Å². The number of aryl methyl sites for hydroxylation is 1. The maximum absolute atomic E-state index is 3.96. The van der Waals surface area contributed by atoms with Crippen LogP contribution in [0, 0.1) is 6.92 Å². The summed E-state index contributed by atoms with van der Waals surface area (Å²) in [5.74, 6) is 0. The highest BCUT2D eigenvalue weighted by Crippen LogP contribution is 2.00. The van der Waals surface area contributed by atoms with Gasteiger partial charge in [0.05, 0.1) is 6.20 Å². The molecule has 1 heterocycles. The second-order valence-corrected chi connectivity index (χ2v) is 3.50. The number of nitrogens with one attached hydrogen (secondary N) is 2. The van der Waals surface area contributed by atoms with Gasteiger partial charge in [0.25, 0.3) is 0 Å². The fourth-order valence-corrected chi connectivity index (χ4v) is 1.08. The van der Waals surface area contributed by atoms with Crippen LogP contribution in [0.3, 0.4) is 0 Å². The number of hydrogen-bond donors (Lipinski definition) is 2. The number of hydrogen-bond acceptors (Lipinski definition) is 3. The molecule has 2 N–H and O–H groups in total. The van der Waals surface area contributed by atoms with E-state index < -0.39 is 0 Å². The van der Waals surface area contributed by atoms with Gasteiger partial charge < -0.3 is 10.2 Å². The smallest absolute Gasteiger partial charge is 0.0535 e. The van der Waals surface area contributed by atoms with E-state index >= 15 is 0 Å². The standard InChI is InChI=1S/C9H18N4/c1-8-9(7-11-12-8)6-10-4-5-13(2)3/h7,10H,4-6H2,1-3H3,(H,11,12). The minimum Gasteiger partial charge on any atom is -0.311 e. The summed E-state index contributed by atoms with van der Waals surface area (Å²) in [5, 5.41) is 10.2. The van der Waals surface area contributed by atoms with Crippen molar-refractivity contribution in [1.82, 2.24) is 20.4 Å². The number of aromatic amines is 1. The lowest BCUT2D eigenvalue weighted by atomic mass is 10.2. The Morgan fingerprint density at radius 3 is 2.85 bits per heavy atom. The van der Waals surface area contributed by atoms with E-state index in [-0.39, 0.29) is 0 Å². The molecular formula is C9H18N4. The summed E-state index contributed by atoms with van der Waals surface area (Å²) in [4.78, 5) is 2.16. The van der Waals surface area contributed by atoms with Gasteiger partial charge in [0, 0.05) is 30.9 Å². The summed E-state index contributed by atoms with van der Waals surface area (Å²) in [6.45, 7) is 5.01. The van der Waals surface area contributed by atoms with E-state index in [4.69, 9.17) is 0 Å². The van der Waals surface area contributed by atoms with Gasteiger partial charge in [-0.05, 0) is 21.0 Å². The van der Waals surface area contributed by atoms with Crippen molar-refractivity contribution < 1.29 is 0 Å². The van der Waals surface area contributed by atoms with E-state index in [1.165, 1.54) is 5.56 Å². The van der Waals surface area contributed by atoms with Gasteiger partial charge in [-0.25, -0.2) is 0 Å². The van der Waals surface area contributed by atoms with E-state index in [2.05, 4.69) is 34.5 Å². The van der Waals surface area contributed by atoms with Crippen molar-refractivity contribution in [1.29, 1.82) is 0 Å². The molecule has 0 unspecified atom stereocenters. The van der Waals surface area contributed by atoms with E-state index in [9.17, 15) is 0 Å². The van der Waals surface area contributed by atoms with E-state index in [1.807, 2.05) is 13.1 Å². The maximum atomic E-state index is 3.96. The van der Waals surface area contributed by atoms with Gasteiger partial charge >= 0.3 is 0 Å². The lowest BCUT2D eigenvalue weighted by Crippen LogP contribution is -2.26. The molecule has 0 radical (unpaired) electrons. The first-order chi connectivity index (χ1) is 6.20. The van der Waals surface area contributed by atoms with Gasteiger partial charge in [-0.2, -0.15) is 5.10 Å². The highest BCUT2D eigenvalue weighted by atomic mass is 15.1. The molecule has 0 aliphatic heterocycles. The van der Waals surface area contributed by atoms with Crippen molar-refractivity contribution in [3.05, 3.63) is 17.5 Å². The first-order valence-electron chi connectivity index (χ1n) is 4.54. The molecule has 0 aliphatic rings. The van der Waals surface area contributed by atoms with E-state index in [0.717, 1.165) is 25.3 Å². The third-order valence-electron chi connectivity index (χ3n) is 1.99. The molecule has 4 heteroatoms. The first-order valence-corrected chi connectivity index (χ1v) is 4.54. The number of aromatic nitrogens is 2. The van der Waals surface area contributed by atoms with Gasteiger partial charge in [0.2, 0.25) is 0 Å². The lowest BCUT2D eigenvalue weighted by molar-refractivity contribution is 0.400. The molecule has 0 saturated heterocycles. The average Bonchev–Trinajstić information content (AvgIpc) is 2.45. The van der Waals surface area contributed by atoms with Gasteiger partial charge in [0.1, 0.15) is 0 Å². The summed E-state index contributed by atoms with van der Waals surface area (Å²) in [5.41, 5.74) is 2.40. The summed E-state index contributed by atoms with van der Waals surface area (Å²) in [7, 11) is 4.15. The van der Waals surface area contributed by atoms with Crippen LogP contribution < -0.4 is 5.32 Å². The average molecular weight is 182 g/mol. The van der Waals surface area contributed by atoms with E-state index in [1.54, 1.807) is 0 Å². The molecule has 1 rings (SSSR count). The Kier molecular flexibility index (Phi) is 3.92. The van der Waals surface area contributed by atoms with Crippen molar-refractivity contribution in [2.75, 3.05) is 27.2 Å². The highest BCUT2D eigenvalue weighted by molar-refractivity contribution is 5.13. The molecule has 0 amide bonds. The molecule has 0 aliphatic carbocycles. The fourth-order valence-electron chi connectivity index (χ4n) is 1.08. The fraction of sp³-hybridized carbons (Fsp3) is 0.667. The highest BCUT2D eigenvalue weighted by Gasteiger charge is 1.98. The minimum atomic E-state index is 0.899. The topological polar surface area (TPSA) is 44.0 Å². The Bertz CT molecular complexity index is 242. The van der Waals surface area contributed by atoms with Crippen molar-refractivity contribution >= 4 is 0 Å². The van der Waals surface area contributed by atoms with Crippen LogP contribution >= 0.6 is 0 Å². The monoisotopic (exact) mass is 182 g/mol. The van der Waals surface area contributed by atoms with Crippen LogP contribution in [0.5, 0.6) is 0 Å². The summed E-state index contributed by atoms with van der Waals surface area (Å²) in [6.07, 6.45) is 1.87. The summed E-state index contributed by atoms with van der Waals surface area (Å²) < 4.78 is 0. The predicted molar refractivity (Wildman–Crippen MR) is 53.6 cm³/mol. The first kappa shape index (κ1) is 10.2. The number of H-pyrrole nitrogens is 1. The molecule has 1 aromatic rings. The Labute approximate surface area is 79.3 Å². The number of rotatable bonds is 5. The third kappa shape index (κ3) is 3.57. The number of likely N-dealkylation sites (N-methyl/N-ethyl adjacent to an activating group) is 1. The number of nitrogens with zero attached hydrogens (tertiary/aromatic N) is 2. The van der Waals surface area contributed by atoms with Gasteiger partial charge in [-0.1, -0.05) is 0 Å². The molecule has 0 spiro atoms. The molecule has 74 valence electrons. The quantitative estimate of drug-likeness (QED) is 0.647. The van der Waals surface area contributed by atoms with Crippen molar-refractivity contribution in [2.24, 2.45) is 0 Å². The zero-order valence-corrected chi connectivity index (χ0v) is 8.59. The molecular weight excluding hydrogens is 164 g/mol. The molecule has 1 aromatic heterocycles. The van der Waals surface area contributed by atoms with Crippen molar-refractivity contribution in [2.45, 2.75) is 13.5 Å². The minimum absolute atomic E-state index is 0.899. The van der Waals surface area contributed by atoms with Crippen LogP contribution in [0.1, 0.15) is 11.3 Å². The Balaban J connectivity index is 2.17. The zero-order valence-electron chi connectivity index (χ0n) is 8.59. The second kappa shape index (κ2) is 4.99. The van der Waals surface area contributed by atoms with Crippen molar-refractivity contribution in [3.63, 3.8) is 0 Å². The lowest BCUT2D eigenvalue weighted by Gasteiger charge is -2.09. The molecule has 0 atom stereocenters. The predicted octanol–water partition coefficient (Wildman–Crippen LogP) is 0.369. The van der Waals surface area contributed by atoms with E-state index in [0.29, 0.717) is 0 Å². The molecule has 0 bridgehead atoms. The SMILES string of the molecule is Cc1[nH]ncc1CNCCN(C)C. The largest absolute Gasteiger partial charge is 0.311 e. The summed E-state index contributed by atoms with van der Waals surface area (Å²) in [6, 6.07) is 0. The molecule has 0 aromatic carbocycles. The van der Waals surface area contributed by atoms with Crippen LogP contribution in [0.2, 0.25) is 0 Å². The Morgan fingerprint density at radius 2 is 2.31 bits per heavy atom. The molecule has 0 fully saturated rings. The normalized spacial score (nSPS) is 11.1.